The molecule has 0 aromatic carbocycles. The third-order valence-electron chi connectivity index (χ3n) is 21.2. The number of carbonyl (C=O) groups excluding carboxylic acids is 4. The van der Waals surface area contributed by atoms with Gasteiger partial charge in [0.2, 0.25) is 0 Å². The van der Waals surface area contributed by atoms with Crippen LogP contribution in [0.4, 0.5) is 0 Å². The fourth-order valence-corrected chi connectivity index (χ4v) is 15.7. The van der Waals surface area contributed by atoms with Crippen molar-refractivity contribution in [1.82, 2.24) is 0 Å². The van der Waals surface area contributed by atoms with Crippen molar-refractivity contribution in [1.29, 1.82) is 0 Å². The van der Waals surface area contributed by atoms with Crippen LogP contribution in [-0.2, 0) is 65.4 Å². The van der Waals surface area contributed by atoms with Crippen LogP contribution in [-0.4, -0.2) is 96.7 Å². The summed E-state index contributed by atoms with van der Waals surface area (Å²) in [5.74, 6) is -0.547. The average molecular weight is 1590 g/mol. The molecule has 0 saturated heterocycles. The molecule has 0 aliphatic heterocycles. The SMILES string of the molecule is CCCCCCCCCCCCCCCCCCCCCCCCC(=O)O[C@H](COC(=O)CCCCCCCCCCCCCCCCCC(C)C)COP(=O)(O)OC[C@@H](O)COP(=O)(O)OC[C@@H](COC(=O)CCCCCCCCCCCC(C)C)OC(=O)CCCCCCCCCCCCCCCCCCC. The van der Waals surface area contributed by atoms with Crippen molar-refractivity contribution in [3.05, 3.63) is 0 Å². The lowest BCUT2D eigenvalue weighted by Gasteiger charge is -2.21. The van der Waals surface area contributed by atoms with Gasteiger partial charge in [0.15, 0.2) is 12.2 Å². The lowest BCUT2D eigenvalue weighted by molar-refractivity contribution is -0.161. The molecule has 109 heavy (non-hydrogen) atoms. The molecule has 5 atom stereocenters. The second kappa shape index (κ2) is 81.2. The summed E-state index contributed by atoms with van der Waals surface area (Å²) in [6.07, 6.45) is 75.1. The Morgan fingerprint density at radius 2 is 0.422 bits per heavy atom. The zero-order valence-corrected chi connectivity index (χ0v) is 73.7. The lowest BCUT2D eigenvalue weighted by atomic mass is 10.0. The first-order chi connectivity index (χ1) is 52.9. The summed E-state index contributed by atoms with van der Waals surface area (Å²) in [6.45, 7) is 9.71. The number of aliphatic hydroxyl groups is 1. The smallest absolute Gasteiger partial charge is 0.462 e. The van der Waals surface area contributed by atoms with Gasteiger partial charge in [0.1, 0.15) is 19.3 Å². The molecule has 0 heterocycles. The van der Waals surface area contributed by atoms with Crippen LogP contribution in [0.2, 0.25) is 0 Å². The number of aliphatic hydroxyl groups excluding tert-OH is 1. The van der Waals surface area contributed by atoms with Gasteiger partial charge in [0.05, 0.1) is 26.4 Å². The maximum absolute atomic E-state index is 13.2. The second-order valence-corrected chi connectivity index (χ2v) is 36.2. The predicted octanol–water partition coefficient (Wildman–Crippen LogP) is 27.8. The van der Waals surface area contributed by atoms with Gasteiger partial charge >= 0.3 is 39.5 Å². The van der Waals surface area contributed by atoms with Crippen molar-refractivity contribution in [3.8, 4) is 0 Å². The van der Waals surface area contributed by atoms with Gasteiger partial charge in [-0.1, -0.05) is 433 Å². The van der Waals surface area contributed by atoms with Crippen molar-refractivity contribution < 1.29 is 80.2 Å². The van der Waals surface area contributed by atoms with Crippen LogP contribution in [0, 0.1) is 11.8 Å². The first-order valence-corrected chi connectivity index (χ1v) is 49.5. The Balaban J connectivity index is 5.24. The molecular weight excluding hydrogens is 1410 g/mol. The van der Waals surface area contributed by atoms with Gasteiger partial charge < -0.3 is 33.8 Å². The number of unbranched alkanes of at least 4 members (excludes halogenated alkanes) is 59. The molecule has 648 valence electrons. The third-order valence-corrected chi connectivity index (χ3v) is 23.1. The summed E-state index contributed by atoms with van der Waals surface area (Å²) in [6, 6.07) is 0. The van der Waals surface area contributed by atoms with E-state index in [1.165, 1.54) is 302 Å². The van der Waals surface area contributed by atoms with Gasteiger partial charge in [-0.2, -0.15) is 0 Å². The number of rotatable bonds is 89. The van der Waals surface area contributed by atoms with E-state index >= 15 is 0 Å². The van der Waals surface area contributed by atoms with Gasteiger partial charge in [-0.15, -0.1) is 0 Å². The van der Waals surface area contributed by atoms with Gasteiger partial charge in [-0.3, -0.25) is 37.3 Å². The average Bonchev–Trinajstić information content (AvgIpc) is 0.899. The number of esters is 4. The highest BCUT2D eigenvalue weighted by atomic mass is 31.2. The first kappa shape index (κ1) is 107. The van der Waals surface area contributed by atoms with E-state index in [1.54, 1.807) is 0 Å². The molecule has 17 nitrogen and oxygen atoms in total. The monoisotopic (exact) mass is 1590 g/mol. The van der Waals surface area contributed by atoms with E-state index in [0.29, 0.717) is 25.7 Å². The summed E-state index contributed by atoms with van der Waals surface area (Å²) < 4.78 is 69.0. The molecule has 0 rings (SSSR count). The molecule has 0 amide bonds. The predicted molar refractivity (Wildman–Crippen MR) is 451 cm³/mol. The molecule has 0 aromatic heterocycles. The summed E-state index contributed by atoms with van der Waals surface area (Å²) in [4.78, 5) is 73.4. The maximum Gasteiger partial charge on any atom is 0.472 e. The van der Waals surface area contributed by atoms with Gasteiger partial charge in [0, 0.05) is 25.7 Å². The van der Waals surface area contributed by atoms with Gasteiger partial charge in [0.25, 0.3) is 0 Å². The first-order valence-electron chi connectivity index (χ1n) is 46.5. The Kier molecular flexibility index (Phi) is 79.8. The number of ether oxygens (including phenoxy) is 4. The van der Waals surface area contributed by atoms with Crippen molar-refractivity contribution in [2.75, 3.05) is 39.6 Å². The molecule has 2 unspecified atom stereocenters. The third kappa shape index (κ3) is 83.8. The number of hydrogen-bond acceptors (Lipinski definition) is 15. The summed E-state index contributed by atoms with van der Waals surface area (Å²) in [5, 5.41) is 10.7. The van der Waals surface area contributed by atoms with Crippen molar-refractivity contribution >= 4 is 39.5 Å². The molecule has 19 heteroatoms. The van der Waals surface area contributed by atoms with E-state index in [1.807, 2.05) is 0 Å². The fourth-order valence-electron chi connectivity index (χ4n) is 14.1. The Morgan fingerprint density at radius 3 is 0.624 bits per heavy atom. The van der Waals surface area contributed by atoms with E-state index < -0.39 is 97.5 Å². The molecule has 3 N–H and O–H groups in total. The zero-order chi connectivity index (χ0) is 79.9. The Bertz CT molecular complexity index is 2080. The van der Waals surface area contributed by atoms with Gasteiger partial charge in [-0.25, -0.2) is 9.13 Å². The van der Waals surface area contributed by atoms with Gasteiger partial charge in [-0.05, 0) is 37.5 Å². The highest BCUT2D eigenvalue weighted by Crippen LogP contribution is 2.45. The van der Waals surface area contributed by atoms with E-state index in [-0.39, 0.29) is 25.7 Å². The van der Waals surface area contributed by atoms with E-state index in [9.17, 15) is 43.2 Å². The Morgan fingerprint density at radius 1 is 0.248 bits per heavy atom. The normalized spacial score (nSPS) is 13.8. The molecule has 0 bridgehead atoms. The second-order valence-electron chi connectivity index (χ2n) is 33.3. The van der Waals surface area contributed by atoms with Crippen LogP contribution in [0.5, 0.6) is 0 Å². The molecular formula is C90H176O17P2. The minimum atomic E-state index is -4.97. The molecule has 0 fully saturated rings. The van der Waals surface area contributed by atoms with E-state index in [2.05, 4.69) is 41.5 Å². The molecule has 0 spiro atoms. The molecule has 0 aliphatic rings. The number of carbonyl (C=O) groups is 4. The molecule has 0 aliphatic carbocycles. The van der Waals surface area contributed by atoms with Crippen LogP contribution in [0.25, 0.3) is 0 Å². The fraction of sp³-hybridized carbons (Fsp3) is 0.956. The largest absolute Gasteiger partial charge is 0.472 e. The summed E-state index contributed by atoms with van der Waals surface area (Å²) >= 11 is 0. The van der Waals surface area contributed by atoms with Crippen molar-refractivity contribution in [3.63, 3.8) is 0 Å². The van der Waals surface area contributed by atoms with Crippen molar-refractivity contribution in [2.24, 2.45) is 11.8 Å². The van der Waals surface area contributed by atoms with E-state index in [4.69, 9.17) is 37.0 Å². The molecule has 0 radical (unpaired) electrons. The number of phosphoric ester groups is 2. The minimum Gasteiger partial charge on any atom is -0.462 e. The zero-order valence-electron chi connectivity index (χ0n) is 71.9. The Labute approximate surface area is 670 Å². The quantitative estimate of drug-likeness (QED) is 0.0222. The van der Waals surface area contributed by atoms with Crippen LogP contribution < -0.4 is 0 Å². The highest BCUT2D eigenvalue weighted by Gasteiger charge is 2.31. The minimum absolute atomic E-state index is 0.108. The summed E-state index contributed by atoms with van der Waals surface area (Å²) in [5.41, 5.74) is 0. The molecule has 0 aromatic rings. The van der Waals surface area contributed by atoms with Crippen LogP contribution in [0.1, 0.15) is 485 Å². The standard InChI is InChI=1S/C90H176O17P2/c1-7-9-11-13-15-17-19-21-23-25-26-27-28-29-31-35-40-44-50-57-63-69-75-89(94)106-85(78-100-87(92)72-66-60-54-48-42-38-36-32-33-37-41-46-52-58-64-70-82(3)4)80-104-108(96,97)102-76-84(91)77-103-109(98,99)105-81-86(79-101-88(93)73-67-61-55-51-45-47-53-59-65-71-83(5)6)107-90(95)74-68-62-56-49-43-39-34-30-24-22-20-18-16-14-12-10-8-2/h82-86,91H,7-81H2,1-6H3,(H,96,97)(H,98,99)/t84-,85-,86-/m1/s1. The van der Waals surface area contributed by atoms with E-state index in [0.717, 1.165) is 102 Å². The highest BCUT2D eigenvalue weighted by molar-refractivity contribution is 7.47. The lowest BCUT2D eigenvalue weighted by Crippen LogP contribution is -2.30. The van der Waals surface area contributed by atoms with Crippen LogP contribution in [0.3, 0.4) is 0 Å². The summed E-state index contributed by atoms with van der Waals surface area (Å²) in [7, 11) is -9.93. The number of phosphoric acid groups is 2. The topological polar surface area (TPSA) is 237 Å². The Hall–Kier alpha value is -1.94. The maximum atomic E-state index is 13.2. The molecule has 0 saturated carbocycles. The van der Waals surface area contributed by atoms with Crippen molar-refractivity contribution in [2.45, 2.75) is 503 Å². The van der Waals surface area contributed by atoms with Crippen LogP contribution >= 0.6 is 15.6 Å². The number of hydrogen-bond donors (Lipinski definition) is 3. The van der Waals surface area contributed by atoms with Crippen LogP contribution in [0.15, 0.2) is 0 Å².